The number of hydrogen-bond donors (Lipinski definition) is 1. The predicted molar refractivity (Wildman–Crippen MR) is 66.2 cm³/mol. The molecule has 0 bridgehead atoms. The summed E-state index contributed by atoms with van der Waals surface area (Å²) < 4.78 is 0. The van der Waals surface area contributed by atoms with E-state index >= 15 is 0 Å². The van der Waals surface area contributed by atoms with Crippen LogP contribution in [-0.2, 0) is 4.79 Å². The van der Waals surface area contributed by atoms with Crippen molar-refractivity contribution in [3.63, 3.8) is 0 Å². The first-order valence-corrected chi connectivity index (χ1v) is 5.49. The average molecular weight is 236 g/mol. The van der Waals surface area contributed by atoms with Crippen molar-refractivity contribution in [2.75, 3.05) is 6.54 Å². The van der Waals surface area contributed by atoms with E-state index in [4.69, 9.17) is 11.6 Å². The first kappa shape index (κ1) is 12.6. The largest absolute Gasteiger partial charge is 0.345 e. The van der Waals surface area contributed by atoms with Crippen molar-refractivity contribution in [2.45, 2.75) is 13.8 Å². The summed E-state index contributed by atoms with van der Waals surface area (Å²) in [5.74, 6) is 5.81. The summed E-state index contributed by atoms with van der Waals surface area (Å²) in [6.07, 6.45) is 0. The van der Waals surface area contributed by atoms with E-state index in [1.54, 1.807) is 12.1 Å². The number of carbonyl (C=O) groups excluding carboxylic acids is 1. The molecule has 2 nitrogen and oxygen atoms in total. The second-order valence-electron chi connectivity index (χ2n) is 3.68. The number of benzene rings is 1. The van der Waals surface area contributed by atoms with Crippen molar-refractivity contribution in [2.24, 2.45) is 5.92 Å². The van der Waals surface area contributed by atoms with Crippen molar-refractivity contribution < 1.29 is 4.79 Å². The molecular formula is C13H14ClNO. The van der Waals surface area contributed by atoms with Crippen LogP contribution in [0.1, 0.15) is 19.4 Å². The van der Waals surface area contributed by atoms with Crippen LogP contribution in [-0.4, -0.2) is 12.5 Å². The van der Waals surface area contributed by atoms with Gasteiger partial charge in [0.05, 0.1) is 6.54 Å². The average Bonchev–Trinajstić information content (AvgIpc) is 2.24. The highest BCUT2D eigenvalue weighted by Gasteiger charge is 2.03. The minimum absolute atomic E-state index is 0.00651. The van der Waals surface area contributed by atoms with Crippen LogP contribution in [0.2, 0.25) is 5.02 Å². The van der Waals surface area contributed by atoms with Crippen molar-refractivity contribution in [3.8, 4) is 11.8 Å². The van der Waals surface area contributed by atoms with Gasteiger partial charge in [0.25, 0.3) is 0 Å². The second-order valence-corrected chi connectivity index (χ2v) is 4.12. The normalized spacial score (nSPS) is 9.50. The lowest BCUT2D eigenvalue weighted by atomic mass is 10.2. The van der Waals surface area contributed by atoms with Crippen LogP contribution >= 0.6 is 11.6 Å². The minimum atomic E-state index is -0.00651. The zero-order valence-corrected chi connectivity index (χ0v) is 10.1. The van der Waals surface area contributed by atoms with Gasteiger partial charge in [-0.25, -0.2) is 0 Å². The second kappa shape index (κ2) is 6.19. The summed E-state index contributed by atoms with van der Waals surface area (Å²) in [5, 5.41) is 3.39. The van der Waals surface area contributed by atoms with Crippen LogP contribution in [0.15, 0.2) is 24.3 Å². The van der Waals surface area contributed by atoms with Crippen molar-refractivity contribution in [1.29, 1.82) is 0 Å². The lowest BCUT2D eigenvalue weighted by Gasteiger charge is -2.02. The molecule has 1 amide bonds. The standard InChI is InChI=1S/C13H14ClNO/c1-10(2)13(16)15-8-4-6-11-5-3-7-12(14)9-11/h3,5,7,9-10H,8H2,1-2H3,(H,15,16). The highest BCUT2D eigenvalue weighted by Crippen LogP contribution is 2.09. The summed E-state index contributed by atoms with van der Waals surface area (Å²) in [6, 6.07) is 7.31. The third-order valence-corrected chi connectivity index (χ3v) is 2.17. The molecule has 0 heterocycles. The Morgan fingerprint density at radius 1 is 1.50 bits per heavy atom. The monoisotopic (exact) mass is 235 g/mol. The third-order valence-electron chi connectivity index (χ3n) is 1.93. The third kappa shape index (κ3) is 4.37. The van der Waals surface area contributed by atoms with Crippen LogP contribution in [0.5, 0.6) is 0 Å². The van der Waals surface area contributed by atoms with Gasteiger partial charge >= 0.3 is 0 Å². The topological polar surface area (TPSA) is 29.1 Å². The number of hydrogen-bond acceptors (Lipinski definition) is 1. The number of carbonyl (C=O) groups is 1. The van der Waals surface area contributed by atoms with Crippen LogP contribution in [0.25, 0.3) is 0 Å². The van der Waals surface area contributed by atoms with E-state index in [9.17, 15) is 4.79 Å². The SMILES string of the molecule is CC(C)C(=O)NCC#Cc1cccc(Cl)c1. The molecule has 1 N–H and O–H groups in total. The molecule has 0 unspecified atom stereocenters. The lowest BCUT2D eigenvalue weighted by molar-refractivity contribution is -0.123. The van der Waals surface area contributed by atoms with Gasteiger partial charge in [0, 0.05) is 16.5 Å². The number of nitrogens with one attached hydrogen (secondary N) is 1. The maximum Gasteiger partial charge on any atom is 0.223 e. The van der Waals surface area contributed by atoms with Gasteiger partial charge in [0.2, 0.25) is 5.91 Å². The number of amides is 1. The Morgan fingerprint density at radius 3 is 2.88 bits per heavy atom. The van der Waals surface area contributed by atoms with Crippen LogP contribution < -0.4 is 5.32 Å². The molecule has 0 aliphatic rings. The molecular weight excluding hydrogens is 222 g/mol. The van der Waals surface area contributed by atoms with Crippen molar-refractivity contribution in [1.82, 2.24) is 5.32 Å². The van der Waals surface area contributed by atoms with Gasteiger partial charge in [0.1, 0.15) is 0 Å². The van der Waals surface area contributed by atoms with E-state index in [0.29, 0.717) is 11.6 Å². The highest BCUT2D eigenvalue weighted by molar-refractivity contribution is 6.30. The number of halogens is 1. The highest BCUT2D eigenvalue weighted by atomic mass is 35.5. The molecule has 0 saturated heterocycles. The van der Waals surface area contributed by atoms with Gasteiger partial charge in [-0.15, -0.1) is 0 Å². The molecule has 0 radical (unpaired) electrons. The smallest absolute Gasteiger partial charge is 0.223 e. The predicted octanol–water partition coefficient (Wildman–Crippen LogP) is 2.46. The summed E-state index contributed by atoms with van der Waals surface area (Å²) in [5.41, 5.74) is 0.853. The Hall–Kier alpha value is -1.46. The summed E-state index contributed by atoms with van der Waals surface area (Å²) >= 11 is 5.81. The quantitative estimate of drug-likeness (QED) is 0.784. The zero-order chi connectivity index (χ0) is 12.0. The Kier molecular flexibility index (Phi) is 4.88. The molecule has 16 heavy (non-hydrogen) atoms. The van der Waals surface area contributed by atoms with E-state index in [0.717, 1.165) is 5.56 Å². The van der Waals surface area contributed by atoms with Gasteiger partial charge in [-0.05, 0) is 18.2 Å². The van der Waals surface area contributed by atoms with E-state index in [1.165, 1.54) is 0 Å². The molecule has 0 aliphatic heterocycles. The van der Waals surface area contributed by atoms with E-state index in [-0.39, 0.29) is 11.8 Å². The maximum atomic E-state index is 11.2. The van der Waals surface area contributed by atoms with Gasteiger partial charge < -0.3 is 5.32 Å². The van der Waals surface area contributed by atoms with Gasteiger partial charge in [-0.2, -0.15) is 0 Å². The van der Waals surface area contributed by atoms with E-state index in [2.05, 4.69) is 17.2 Å². The van der Waals surface area contributed by atoms with Crippen molar-refractivity contribution >= 4 is 17.5 Å². The van der Waals surface area contributed by atoms with Gasteiger partial charge in [-0.3, -0.25) is 4.79 Å². The van der Waals surface area contributed by atoms with E-state index in [1.807, 2.05) is 26.0 Å². The first-order chi connectivity index (χ1) is 7.59. The molecule has 0 fully saturated rings. The molecule has 1 aromatic rings. The van der Waals surface area contributed by atoms with Crippen LogP contribution in [0.4, 0.5) is 0 Å². The Labute approximate surface area is 101 Å². The zero-order valence-electron chi connectivity index (χ0n) is 9.38. The van der Waals surface area contributed by atoms with Gasteiger partial charge in [0.15, 0.2) is 0 Å². The Bertz CT molecular complexity index is 429. The van der Waals surface area contributed by atoms with E-state index < -0.39 is 0 Å². The molecule has 84 valence electrons. The van der Waals surface area contributed by atoms with Crippen LogP contribution in [0.3, 0.4) is 0 Å². The lowest BCUT2D eigenvalue weighted by Crippen LogP contribution is -2.27. The molecule has 0 aromatic heterocycles. The summed E-state index contributed by atoms with van der Waals surface area (Å²) in [4.78, 5) is 11.2. The summed E-state index contributed by atoms with van der Waals surface area (Å²) in [7, 11) is 0. The minimum Gasteiger partial charge on any atom is -0.345 e. The maximum absolute atomic E-state index is 11.2. The molecule has 0 aliphatic carbocycles. The van der Waals surface area contributed by atoms with Crippen LogP contribution in [0, 0.1) is 17.8 Å². The molecule has 0 spiro atoms. The number of rotatable bonds is 2. The first-order valence-electron chi connectivity index (χ1n) is 5.11. The summed E-state index contributed by atoms with van der Waals surface area (Å²) in [6.45, 7) is 4.06. The fourth-order valence-corrected chi connectivity index (χ4v) is 1.24. The molecule has 1 rings (SSSR count). The molecule has 0 atom stereocenters. The van der Waals surface area contributed by atoms with Crippen molar-refractivity contribution in [3.05, 3.63) is 34.9 Å². The molecule has 3 heteroatoms. The fraction of sp³-hybridized carbons (Fsp3) is 0.308. The molecule has 1 aromatic carbocycles. The fourth-order valence-electron chi connectivity index (χ4n) is 1.05. The molecule has 0 saturated carbocycles. The Morgan fingerprint density at radius 2 is 2.25 bits per heavy atom. The van der Waals surface area contributed by atoms with Gasteiger partial charge in [-0.1, -0.05) is 43.4 Å². The Balaban J connectivity index is 2.47.